The van der Waals surface area contributed by atoms with Crippen LogP contribution in [-0.4, -0.2) is 41.7 Å². The Balaban J connectivity index is 2.49. The Morgan fingerprint density at radius 2 is 2.33 bits per heavy atom. The molecule has 0 aromatic carbocycles. The fourth-order valence-electron chi connectivity index (χ4n) is 1.65. The van der Waals surface area contributed by atoms with Crippen LogP contribution in [-0.2, 0) is 4.79 Å². The molecule has 1 saturated heterocycles. The van der Waals surface area contributed by atoms with Gasteiger partial charge in [-0.25, -0.2) is 0 Å². The van der Waals surface area contributed by atoms with Crippen molar-refractivity contribution >= 4 is 5.91 Å². The number of nitrogens with zero attached hydrogens (tertiary/aromatic N) is 1. The Hall–Kier alpha value is -0.610. The number of hydrogen-bond donors (Lipinski definition) is 2. The Bertz CT molecular complexity index is 162. The fraction of sp³-hybridized carbons (Fsp3) is 0.875. The summed E-state index contributed by atoms with van der Waals surface area (Å²) in [6, 6.07) is 0. The summed E-state index contributed by atoms with van der Waals surface area (Å²) in [4.78, 5) is 12.8. The number of likely N-dealkylation sites (tertiary alicyclic amines) is 1. The molecular formula is C8H16N2O2. The topological polar surface area (TPSA) is 66.6 Å². The summed E-state index contributed by atoms with van der Waals surface area (Å²) in [5, 5.41) is 9.36. The van der Waals surface area contributed by atoms with Crippen LogP contribution in [0.4, 0.5) is 0 Å². The second-order valence-corrected chi connectivity index (χ2v) is 3.50. The second kappa shape index (κ2) is 3.87. The molecule has 3 N–H and O–H groups in total. The number of aliphatic hydroxyl groups is 1. The van der Waals surface area contributed by atoms with Crippen LogP contribution in [0.2, 0.25) is 0 Å². The van der Waals surface area contributed by atoms with E-state index in [2.05, 4.69) is 0 Å². The third-order valence-corrected chi connectivity index (χ3v) is 2.16. The molecule has 1 aliphatic rings. The molecule has 0 radical (unpaired) electrons. The lowest BCUT2D eigenvalue weighted by molar-refractivity contribution is -0.133. The molecular weight excluding hydrogens is 156 g/mol. The zero-order valence-corrected chi connectivity index (χ0v) is 7.36. The van der Waals surface area contributed by atoms with E-state index in [-0.39, 0.29) is 18.6 Å². The van der Waals surface area contributed by atoms with Crippen LogP contribution in [0, 0.1) is 5.92 Å². The van der Waals surface area contributed by atoms with Gasteiger partial charge in [-0.3, -0.25) is 4.79 Å². The number of β-amino-alcohol motifs (C(OH)–C–C–N with tert-alkyl or cyclic N) is 1. The molecule has 0 bridgehead atoms. The van der Waals surface area contributed by atoms with Gasteiger partial charge < -0.3 is 15.7 Å². The van der Waals surface area contributed by atoms with Crippen molar-refractivity contribution in [3.8, 4) is 0 Å². The van der Waals surface area contributed by atoms with Gasteiger partial charge in [0.1, 0.15) is 0 Å². The smallest absolute Gasteiger partial charge is 0.236 e. The summed E-state index contributed by atoms with van der Waals surface area (Å²) < 4.78 is 0. The molecule has 1 amide bonds. The number of nitrogens with two attached hydrogens (primary N) is 1. The SMILES string of the molecule is CC1CC(O)CN(C(=O)CN)C1. The predicted molar refractivity (Wildman–Crippen MR) is 45.4 cm³/mol. The highest BCUT2D eigenvalue weighted by Crippen LogP contribution is 2.15. The van der Waals surface area contributed by atoms with Crippen molar-refractivity contribution in [2.24, 2.45) is 11.7 Å². The molecule has 1 fully saturated rings. The van der Waals surface area contributed by atoms with Crippen LogP contribution >= 0.6 is 0 Å². The molecule has 0 aliphatic carbocycles. The molecule has 1 heterocycles. The van der Waals surface area contributed by atoms with Gasteiger partial charge >= 0.3 is 0 Å². The quantitative estimate of drug-likeness (QED) is 0.543. The molecule has 1 rings (SSSR count). The number of amides is 1. The van der Waals surface area contributed by atoms with E-state index in [4.69, 9.17) is 5.73 Å². The molecule has 0 saturated carbocycles. The Labute approximate surface area is 72.3 Å². The zero-order chi connectivity index (χ0) is 9.14. The lowest BCUT2D eigenvalue weighted by atomic mass is 9.98. The van der Waals surface area contributed by atoms with Crippen molar-refractivity contribution in [1.82, 2.24) is 4.90 Å². The number of carbonyl (C=O) groups is 1. The summed E-state index contributed by atoms with van der Waals surface area (Å²) >= 11 is 0. The lowest BCUT2D eigenvalue weighted by Crippen LogP contribution is -2.47. The summed E-state index contributed by atoms with van der Waals surface area (Å²) in [5.41, 5.74) is 5.22. The summed E-state index contributed by atoms with van der Waals surface area (Å²) in [7, 11) is 0. The molecule has 4 heteroatoms. The highest BCUT2D eigenvalue weighted by molar-refractivity contribution is 5.78. The Morgan fingerprint density at radius 1 is 1.67 bits per heavy atom. The average molecular weight is 172 g/mol. The first kappa shape index (κ1) is 9.48. The number of piperidine rings is 1. The second-order valence-electron chi connectivity index (χ2n) is 3.50. The monoisotopic (exact) mass is 172 g/mol. The third kappa shape index (κ3) is 2.19. The highest BCUT2D eigenvalue weighted by atomic mass is 16.3. The average Bonchev–Trinajstić information content (AvgIpc) is 2.01. The van der Waals surface area contributed by atoms with Crippen molar-refractivity contribution in [2.75, 3.05) is 19.6 Å². The lowest BCUT2D eigenvalue weighted by Gasteiger charge is -2.33. The highest BCUT2D eigenvalue weighted by Gasteiger charge is 2.25. The van der Waals surface area contributed by atoms with E-state index < -0.39 is 0 Å². The van der Waals surface area contributed by atoms with Crippen LogP contribution in [0.5, 0.6) is 0 Å². The van der Waals surface area contributed by atoms with Gasteiger partial charge in [-0.15, -0.1) is 0 Å². The minimum atomic E-state index is -0.371. The maximum absolute atomic E-state index is 11.1. The first-order chi connectivity index (χ1) is 5.63. The molecule has 0 aromatic heterocycles. The first-order valence-corrected chi connectivity index (χ1v) is 4.29. The summed E-state index contributed by atoms with van der Waals surface area (Å²) in [6.07, 6.45) is 0.415. The molecule has 1 aliphatic heterocycles. The van der Waals surface area contributed by atoms with E-state index >= 15 is 0 Å². The molecule has 2 atom stereocenters. The first-order valence-electron chi connectivity index (χ1n) is 4.29. The van der Waals surface area contributed by atoms with Gasteiger partial charge in [0.05, 0.1) is 12.6 Å². The van der Waals surface area contributed by atoms with Crippen LogP contribution < -0.4 is 5.73 Å². The van der Waals surface area contributed by atoms with Crippen LogP contribution in [0.25, 0.3) is 0 Å². The molecule has 4 nitrogen and oxygen atoms in total. The molecule has 0 aromatic rings. The third-order valence-electron chi connectivity index (χ3n) is 2.16. The Morgan fingerprint density at radius 3 is 2.83 bits per heavy atom. The van der Waals surface area contributed by atoms with Gasteiger partial charge in [0, 0.05) is 13.1 Å². The fourth-order valence-corrected chi connectivity index (χ4v) is 1.65. The minimum absolute atomic E-state index is 0.0411. The van der Waals surface area contributed by atoms with Gasteiger partial charge in [-0.1, -0.05) is 6.92 Å². The minimum Gasteiger partial charge on any atom is -0.391 e. The van der Waals surface area contributed by atoms with Gasteiger partial charge in [0.15, 0.2) is 0 Å². The van der Waals surface area contributed by atoms with E-state index in [0.717, 1.165) is 13.0 Å². The van der Waals surface area contributed by atoms with E-state index in [1.54, 1.807) is 4.90 Å². The number of hydrogen-bond acceptors (Lipinski definition) is 3. The van der Waals surface area contributed by atoms with Gasteiger partial charge in [-0.05, 0) is 12.3 Å². The number of rotatable bonds is 1. The maximum Gasteiger partial charge on any atom is 0.236 e. The van der Waals surface area contributed by atoms with E-state index in [0.29, 0.717) is 12.5 Å². The normalized spacial score (nSPS) is 30.4. The van der Waals surface area contributed by atoms with Crippen molar-refractivity contribution < 1.29 is 9.90 Å². The van der Waals surface area contributed by atoms with Crippen molar-refractivity contribution in [1.29, 1.82) is 0 Å². The van der Waals surface area contributed by atoms with Gasteiger partial charge in [0.2, 0.25) is 5.91 Å². The largest absolute Gasteiger partial charge is 0.391 e. The standard InChI is InChI=1S/C8H16N2O2/c1-6-2-7(11)5-10(4-6)8(12)3-9/h6-7,11H,2-5,9H2,1H3. The molecule has 0 spiro atoms. The van der Waals surface area contributed by atoms with Crippen LogP contribution in [0.1, 0.15) is 13.3 Å². The predicted octanol–water partition coefficient (Wildman–Crippen LogP) is -0.826. The van der Waals surface area contributed by atoms with E-state index in [9.17, 15) is 9.90 Å². The van der Waals surface area contributed by atoms with Gasteiger partial charge in [0.25, 0.3) is 0 Å². The van der Waals surface area contributed by atoms with Crippen molar-refractivity contribution in [3.05, 3.63) is 0 Å². The van der Waals surface area contributed by atoms with Crippen molar-refractivity contribution in [2.45, 2.75) is 19.4 Å². The zero-order valence-electron chi connectivity index (χ0n) is 7.36. The van der Waals surface area contributed by atoms with E-state index in [1.165, 1.54) is 0 Å². The Kier molecular flexibility index (Phi) is 3.05. The van der Waals surface area contributed by atoms with Gasteiger partial charge in [-0.2, -0.15) is 0 Å². The van der Waals surface area contributed by atoms with Crippen LogP contribution in [0.3, 0.4) is 0 Å². The molecule has 12 heavy (non-hydrogen) atoms. The van der Waals surface area contributed by atoms with Crippen LogP contribution in [0.15, 0.2) is 0 Å². The molecule has 2 unspecified atom stereocenters. The summed E-state index contributed by atoms with van der Waals surface area (Å²) in [6.45, 7) is 3.24. The number of carbonyl (C=O) groups excluding carboxylic acids is 1. The maximum atomic E-state index is 11.1. The molecule has 70 valence electrons. The number of aliphatic hydroxyl groups excluding tert-OH is 1. The van der Waals surface area contributed by atoms with E-state index in [1.807, 2.05) is 6.92 Å². The summed E-state index contributed by atoms with van der Waals surface area (Å²) in [5.74, 6) is 0.310. The van der Waals surface area contributed by atoms with Crippen molar-refractivity contribution in [3.63, 3.8) is 0 Å².